The van der Waals surface area contributed by atoms with E-state index < -0.39 is 0 Å². The highest BCUT2D eigenvalue weighted by molar-refractivity contribution is 9.10. The minimum Gasteiger partial charge on any atom is -0.273 e. The zero-order valence-electron chi connectivity index (χ0n) is 9.89. The number of nitrogens with one attached hydrogen (secondary N) is 2. The van der Waals surface area contributed by atoms with Gasteiger partial charge in [0.25, 0.3) is 0 Å². The van der Waals surface area contributed by atoms with E-state index >= 15 is 0 Å². The van der Waals surface area contributed by atoms with Crippen LogP contribution in [0.25, 0.3) is 0 Å². The third-order valence-electron chi connectivity index (χ3n) is 2.37. The third-order valence-corrected chi connectivity index (χ3v) is 3.09. The van der Waals surface area contributed by atoms with Crippen molar-refractivity contribution in [3.63, 3.8) is 0 Å². The Hall–Kier alpha value is -2.02. The second-order valence-electron chi connectivity index (χ2n) is 3.88. The molecule has 19 heavy (non-hydrogen) atoms. The summed E-state index contributed by atoms with van der Waals surface area (Å²) in [7, 11) is 0. The Balaban J connectivity index is 1.84. The highest BCUT2D eigenvalue weighted by atomic mass is 79.9. The van der Waals surface area contributed by atoms with Crippen LogP contribution in [0.3, 0.4) is 0 Å². The molecule has 1 aromatic rings. The van der Waals surface area contributed by atoms with E-state index in [2.05, 4.69) is 37.0 Å². The zero-order valence-corrected chi connectivity index (χ0v) is 11.5. The van der Waals surface area contributed by atoms with Crippen molar-refractivity contribution in [2.45, 2.75) is 12.8 Å². The van der Waals surface area contributed by atoms with Crippen LogP contribution in [0.2, 0.25) is 0 Å². The standard InChI is InChI=1S/C12H11BrN4O2/c13-10-4-2-1-3-8(10)7-14-16-11(18)5-9-6-12(19)17-15-9/h1-4,7H,5-6H2,(H,16,18)(H,17,19)/b14-7+. The van der Waals surface area contributed by atoms with Gasteiger partial charge >= 0.3 is 0 Å². The minimum atomic E-state index is -0.307. The van der Waals surface area contributed by atoms with E-state index in [0.717, 1.165) is 10.0 Å². The highest BCUT2D eigenvalue weighted by Crippen LogP contribution is 2.13. The molecule has 2 N–H and O–H groups in total. The van der Waals surface area contributed by atoms with Crippen molar-refractivity contribution < 1.29 is 9.59 Å². The maximum atomic E-state index is 11.5. The molecular formula is C12H11BrN4O2. The van der Waals surface area contributed by atoms with E-state index in [4.69, 9.17) is 0 Å². The highest BCUT2D eigenvalue weighted by Gasteiger charge is 2.16. The van der Waals surface area contributed by atoms with Gasteiger partial charge in [0, 0.05) is 10.0 Å². The molecule has 1 heterocycles. The third kappa shape index (κ3) is 3.99. The number of carbonyl (C=O) groups excluding carboxylic acids is 2. The lowest BCUT2D eigenvalue weighted by Gasteiger charge is -1.99. The number of hydrazone groups is 2. The molecule has 0 bridgehead atoms. The van der Waals surface area contributed by atoms with E-state index in [1.54, 1.807) is 6.21 Å². The largest absolute Gasteiger partial charge is 0.273 e. The van der Waals surface area contributed by atoms with Crippen molar-refractivity contribution in [3.05, 3.63) is 34.3 Å². The van der Waals surface area contributed by atoms with Crippen LogP contribution < -0.4 is 10.9 Å². The monoisotopic (exact) mass is 322 g/mol. The molecule has 0 saturated carbocycles. The Morgan fingerprint density at radius 2 is 2.32 bits per heavy atom. The molecule has 1 aliphatic rings. The Kier molecular flexibility index (Phi) is 4.40. The molecule has 98 valence electrons. The first-order valence-corrected chi connectivity index (χ1v) is 6.35. The second kappa shape index (κ2) is 6.24. The first kappa shape index (κ1) is 13.4. The average molecular weight is 323 g/mol. The Morgan fingerprint density at radius 3 is 3.00 bits per heavy atom. The molecule has 0 fully saturated rings. The van der Waals surface area contributed by atoms with Gasteiger partial charge < -0.3 is 0 Å². The number of halogens is 1. The summed E-state index contributed by atoms with van der Waals surface area (Å²) in [6, 6.07) is 7.51. The SMILES string of the molecule is O=C1CC(CC(=O)N/N=C/c2ccccc2Br)=NN1. The van der Waals surface area contributed by atoms with Crippen LogP contribution in [0.1, 0.15) is 18.4 Å². The fraction of sp³-hybridized carbons (Fsp3) is 0.167. The fourth-order valence-electron chi connectivity index (χ4n) is 1.49. The molecule has 0 radical (unpaired) electrons. The van der Waals surface area contributed by atoms with Crippen molar-refractivity contribution >= 4 is 39.7 Å². The summed E-state index contributed by atoms with van der Waals surface area (Å²) < 4.78 is 0.892. The lowest BCUT2D eigenvalue weighted by molar-refractivity contribution is -0.119. The number of hydrogen-bond acceptors (Lipinski definition) is 4. The lowest BCUT2D eigenvalue weighted by atomic mass is 10.2. The van der Waals surface area contributed by atoms with Crippen molar-refractivity contribution in [2.75, 3.05) is 0 Å². The summed E-state index contributed by atoms with van der Waals surface area (Å²) in [5, 5.41) is 7.58. The van der Waals surface area contributed by atoms with E-state index in [1.807, 2.05) is 24.3 Å². The zero-order chi connectivity index (χ0) is 13.7. The molecular weight excluding hydrogens is 312 g/mol. The topological polar surface area (TPSA) is 82.9 Å². The number of hydrogen-bond donors (Lipinski definition) is 2. The Labute approximate surface area is 118 Å². The van der Waals surface area contributed by atoms with Crippen molar-refractivity contribution in [3.8, 4) is 0 Å². The van der Waals surface area contributed by atoms with E-state index in [0.29, 0.717) is 5.71 Å². The maximum absolute atomic E-state index is 11.5. The van der Waals surface area contributed by atoms with Crippen LogP contribution in [0, 0.1) is 0 Å². The van der Waals surface area contributed by atoms with Crippen LogP contribution >= 0.6 is 15.9 Å². The molecule has 2 rings (SSSR count). The van der Waals surface area contributed by atoms with Gasteiger partial charge in [-0.1, -0.05) is 34.1 Å². The van der Waals surface area contributed by atoms with E-state index in [1.165, 1.54) is 0 Å². The van der Waals surface area contributed by atoms with Gasteiger partial charge in [0.05, 0.1) is 24.8 Å². The summed E-state index contributed by atoms with van der Waals surface area (Å²) in [5.41, 5.74) is 6.05. The molecule has 0 unspecified atom stereocenters. The van der Waals surface area contributed by atoms with Gasteiger partial charge in [0.1, 0.15) is 0 Å². The number of nitrogens with zero attached hydrogens (tertiary/aromatic N) is 2. The molecule has 7 heteroatoms. The number of rotatable bonds is 4. The van der Waals surface area contributed by atoms with Crippen molar-refractivity contribution in [1.82, 2.24) is 10.9 Å². The van der Waals surface area contributed by atoms with Crippen LogP contribution in [0.4, 0.5) is 0 Å². The van der Waals surface area contributed by atoms with Gasteiger partial charge in [-0.15, -0.1) is 0 Å². The quantitative estimate of drug-likeness (QED) is 0.644. The smallest absolute Gasteiger partial charge is 0.245 e. The predicted octanol–water partition coefficient (Wildman–Crippen LogP) is 1.17. The van der Waals surface area contributed by atoms with Gasteiger partial charge in [-0.05, 0) is 6.07 Å². The number of amides is 2. The van der Waals surface area contributed by atoms with Crippen molar-refractivity contribution in [2.24, 2.45) is 10.2 Å². The summed E-state index contributed by atoms with van der Waals surface area (Å²) >= 11 is 3.37. The maximum Gasteiger partial charge on any atom is 0.245 e. The molecule has 2 amide bonds. The van der Waals surface area contributed by atoms with Crippen molar-refractivity contribution in [1.29, 1.82) is 0 Å². The van der Waals surface area contributed by atoms with Gasteiger partial charge in [0.15, 0.2) is 0 Å². The van der Waals surface area contributed by atoms with Crippen LogP contribution in [-0.2, 0) is 9.59 Å². The molecule has 0 spiro atoms. The van der Waals surface area contributed by atoms with Crippen LogP contribution in [-0.4, -0.2) is 23.7 Å². The van der Waals surface area contributed by atoms with Gasteiger partial charge in [-0.2, -0.15) is 10.2 Å². The summed E-state index contributed by atoms with van der Waals surface area (Å²) in [5.74, 6) is -0.502. The normalized spacial score (nSPS) is 14.4. The summed E-state index contributed by atoms with van der Waals surface area (Å²) in [6.07, 6.45) is 1.77. The average Bonchev–Trinajstić information content (AvgIpc) is 2.77. The van der Waals surface area contributed by atoms with E-state index in [9.17, 15) is 9.59 Å². The molecule has 1 aromatic carbocycles. The molecule has 1 aliphatic heterocycles. The predicted molar refractivity (Wildman–Crippen MR) is 74.7 cm³/mol. The molecule has 0 atom stereocenters. The molecule has 0 aliphatic carbocycles. The molecule has 0 aromatic heterocycles. The van der Waals surface area contributed by atoms with Crippen LogP contribution in [0.5, 0.6) is 0 Å². The Bertz CT molecular complexity index is 569. The van der Waals surface area contributed by atoms with Gasteiger partial charge in [-0.3, -0.25) is 9.59 Å². The minimum absolute atomic E-state index is 0.0615. The van der Waals surface area contributed by atoms with Gasteiger partial charge in [0.2, 0.25) is 11.8 Å². The molecule has 6 nitrogen and oxygen atoms in total. The second-order valence-corrected chi connectivity index (χ2v) is 4.74. The number of benzene rings is 1. The fourth-order valence-corrected chi connectivity index (χ4v) is 1.87. The first-order valence-electron chi connectivity index (χ1n) is 5.56. The van der Waals surface area contributed by atoms with Gasteiger partial charge in [-0.25, -0.2) is 10.9 Å². The summed E-state index contributed by atoms with van der Waals surface area (Å²) in [6.45, 7) is 0. The molecule has 0 saturated heterocycles. The first-order chi connectivity index (χ1) is 9.15. The lowest BCUT2D eigenvalue weighted by Crippen LogP contribution is -2.20. The Morgan fingerprint density at radius 1 is 1.53 bits per heavy atom. The van der Waals surface area contributed by atoms with E-state index in [-0.39, 0.29) is 24.7 Å². The summed E-state index contributed by atoms with van der Waals surface area (Å²) in [4.78, 5) is 22.4. The van der Waals surface area contributed by atoms with Crippen LogP contribution in [0.15, 0.2) is 38.9 Å². The number of carbonyl (C=O) groups is 2.